The van der Waals surface area contributed by atoms with E-state index in [1.165, 1.54) is 12.1 Å². The van der Waals surface area contributed by atoms with E-state index in [0.717, 1.165) is 5.56 Å². The molecule has 1 fully saturated rings. The quantitative estimate of drug-likeness (QED) is 0.732. The van der Waals surface area contributed by atoms with E-state index < -0.39 is 28.9 Å². The van der Waals surface area contributed by atoms with Gasteiger partial charge in [-0.25, -0.2) is 0 Å². The molecule has 0 bridgehead atoms. The summed E-state index contributed by atoms with van der Waals surface area (Å²) in [5, 5.41) is 12.8. The Morgan fingerprint density at radius 3 is 1.93 bits per heavy atom. The summed E-state index contributed by atoms with van der Waals surface area (Å²) in [5.41, 5.74) is -5.05. The molecule has 0 radical (unpaired) electrons. The van der Waals surface area contributed by atoms with Crippen LogP contribution in [-0.2, 0) is 11.0 Å². The molecule has 1 heterocycles. The molecule has 0 spiro atoms. The second-order valence-electron chi connectivity index (χ2n) is 7.29. The molecule has 0 amide bonds. The predicted molar refractivity (Wildman–Crippen MR) is 91.9 cm³/mol. The van der Waals surface area contributed by atoms with Gasteiger partial charge in [0.05, 0.1) is 0 Å². The molecule has 3 rings (SSSR count). The van der Waals surface area contributed by atoms with Gasteiger partial charge in [-0.15, -0.1) is 0 Å². The standard InChI is InChI=1S/C20H19F6NO/c1-17(12-27-11-16(17)13-5-3-2-4-6-13)14-7-9-15(10-8-14)18(28,19(21,22)23)20(24,25)26/h2-10,16,27-28H,11-12H2,1H3/t16-,17+/m1/s1. The minimum Gasteiger partial charge on any atom is -0.369 e. The van der Waals surface area contributed by atoms with Crippen LogP contribution in [0.5, 0.6) is 0 Å². The summed E-state index contributed by atoms with van der Waals surface area (Å²) >= 11 is 0. The van der Waals surface area contributed by atoms with Crippen LogP contribution >= 0.6 is 0 Å². The summed E-state index contributed by atoms with van der Waals surface area (Å²) in [7, 11) is 0. The molecule has 0 aromatic heterocycles. The SMILES string of the molecule is C[C@@]1(c2ccc(C(O)(C(F)(F)F)C(F)(F)F)cc2)CNC[C@@H]1c1ccccc1. The third-order valence-corrected chi connectivity index (χ3v) is 5.59. The van der Waals surface area contributed by atoms with Gasteiger partial charge in [-0.3, -0.25) is 0 Å². The lowest BCUT2D eigenvalue weighted by Gasteiger charge is -2.34. The van der Waals surface area contributed by atoms with Crippen LogP contribution in [0.1, 0.15) is 29.5 Å². The number of aliphatic hydroxyl groups is 1. The topological polar surface area (TPSA) is 32.3 Å². The van der Waals surface area contributed by atoms with Crippen molar-refractivity contribution in [3.63, 3.8) is 0 Å². The van der Waals surface area contributed by atoms with E-state index in [2.05, 4.69) is 5.32 Å². The minimum atomic E-state index is -5.89. The number of alkyl halides is 6. The van der Waals surface area contributed by atoms with Crippen molar-refractivity contribution in [3.8, 4) is 0 Å². The van der Waals surface area contributed by atoms with Gasteiger partial charge in [-0.1, -0.05) is 61.5 Å². The Morgan fingerprint density at radius 1 is 0.893 bits per heavy atom. The Labute approximate surface area is 158 Å². The van der Waals surface area contributed by atoms with Crippen molar-refractivity contribution in [1.29, 1.82) is 0 Å². The van der Waals surface area contributed by atoms with Gasteiger partial charge >= 0.3 is 12.4 Å². The van der Waals surface area contributed by atoms with Crippen LogP contribution in [0, 0.1) is 0 Å². The Kier molecular flexibility index (Phi) is 5.00. The lowest BCUT2D eigenvalue weighted by molar-refractivity contribution is -0.376. The highest BCUT2D eigenvalue weighted by Gasteiger charge is 2.71. The summed E-state index contributed by atoms with van der Waals surface area (Å²) in [5.74, 6) is 0.00339. The highest BCUT2D eigenvalue weighted by molar-refractivity contribution is 5.39. The zero-order valence-corrected chi connectivity index (χ0v) is 14.9. The van der Waals surface area contributed by atoms with E-state index in [1.54, 1.807) is 0 Å². The first kappa shape index (κ1) is 20.7. The summed E-state index contributed by atoms with van der Waals surface area (Å²) in [4.78, 5) is 0. The molecule has 2 aromatic rings. The predicted octanol–water partition coefficient (Wildman–Crippen LogP) is 4.64. The maximum Gasteiger partial charge on any atom is 0.430 e. The maximum atomic E-state index is 13.1. The monoisotopic (exact) mass is 403 g/mol. The van der Waals surface area contributed by atoms with Crippen molar-refractivity contribution >= 4 is 0 Å². The third kappa shape index (κ3) is 3.18. The van der Waals surface area contributed by atoms with Crippen LogP contribution < -0.4 is 5.32 Å². The second-order valence-corrected chi connectivity index (χ2v) is 7.29. The zero-order chi connectivity index (χ0) is 20.8. The highest BCUT2D eigenvalue weighted by atomic mass is 19.4. The molecular formula is C20H19F6NO. The van der Waals surface area contributed by atoms with E-state index in [4.69, 9.17) is 0 Å². The smallest absolute Gasteiger partial charge is 0.369 e. The number of hydrogen-bond acceptors (Lipinski definition) is 2. The first-order chi connectivity index (χ1) is 12.9. The fraction of sp³-hybridized carbons (Fsp3) is 0.400. The summed E-state index contributed by atoms with van der Waals surface area (Å²) < 4.78 is 78.4. The van der Waals surface area contributed by atoms with Gasteiger partial charge in [0.2, 0.25) is 0 Å². The molecule has 2 aromatic carbocycles. The highest BCUT2D eigenvalue weighted by Crippen LogP contribution is 2.50. The Balaban J connectivity index is 2.00. The lowest BCUT2D eigenvalue weighted by Crippen LogP contribution is -2.53. The molecule has 2 nitrogen and oxygen atoms in total. The van der Waals surface area contributed by atoms with Gasteiger partial charge in [-0.05, 0) is 11.1 Å². The molecule has 1 saturated heterocycles. The second kappa shape index (κ2) is 6.77. The van der Waals surface area contributed by atoms with E-state index >= 15 is 0 Å². The van der Waals surface area contributed by atoms with Gasteiger partial charge in [0.1, 0.15) is 0 Å². The van der Waals surface area contributed by atoms with Gasteiger partial charge in [0.15, 0.2) is 0 Å². The van der Waals surface area contributed by atoms with Crippen molar-refractivity contribution in [2.75, 3.05) is 13.1 Å². The lowest BCUT2D eigenvalue weighted by atomic mass is 9.71. The van der Waals surface area contributed by atoms with Gasteiger partial charge in [0, 0.05) is 30.0 Å². The van der Waals surface area contributed by atoms with Gasteiger partial charge in [0.25, 0.3) is 5.60 Å². The summed E-state index contributed by atoms with van der Waals surface area (Å²) in [6.45, 7) is 3.07. The van der Waals surface area contributed by atoms with Crippen LogP contribution in [0.2, 0.25) is 0 Å². The molecule has 2 N–H and O–H groups in total. The first-order valence-corrected chi connectivity index (χ1v) is 8.64. The summed E-state index contributed by atoms with van der Waals surface area (Å²) in [6, 6.07) is 13.4. The number of hydrogen-bond donors (Lipinski definition) is 2. The van der Waals surface area contributed by atoms with Crippen molar-refractivity contribution in [2.45, 2.75) is 36.2 Å². The van der Waals surface area contributed by atoms with Crippen molar-refractivity contribution in [2.24, 2.45) is 0 Å². The maximum absolute atomic E-state index is 13.1. The normalized spacial score (nSPS) is 23.8. The molecule has 8 heteroatoms. The molecule has 0 saturated carbocycles. The Bertz CT molecular complexity index is 801. The first-order valence-electron chi connectivity index (χ1n) is 8.64. The average molecular weight is 403 g/mol. The average Bonchev–Trinajstić information content (AvgIpc) is 3.03. The van der Waals surface area contributed by atoms with Gasteiger partial charge in [-0.2, -0.15) is 26.3 Å². The Hall–Kier alpha value is -2.06. The largest absolute Gasteiger partial charge is 0.430 e. The van der Waals surface area contributed by atoms with Crippen LogP contribution in [0.4, 0.5) is 26.3 Å². The summed E-state index contributed by atoms with van der Waals surface area (Å²) in [6.07, 6.45) is -11.8. The minimum absolute atomic E-state index is 0.00339. The molecule has 1 aliphatic rings. The van der Waals surface area contributed by atoms with E-state index in [0.29, 0.717) is 30.8 Å². The molecular weight excluding hydrogens is 384 g/mol. The van der Waals surface area contributed by atoms with Crippen molar-refractivity contribution in [1.82, 2.24) is 5.32 Å². The number of benzene rings is 2. The van der Waals surface area contributed by atoms with Crippen molar-refractivity contribution < 1.29 is 31.4 Å². The van der Waals surface area contributed by atoms with Gasteiger partial charge < -0.3 is 10.4 Å². The van der Waals surface area contributed by atoms with Crippen LogP contribution in [0.25, 0.3) is 0 Å². The fourth-order valence-electron chi connectivity index (χ4n) is 3.88. The van der Waals surface area contributed by atoms with Crippen molar-refractivity contribution in [3.05, 3.63) is 71.3 Å². The number of halogens is 6. The molecule has 28 heavy (non-hydrogen) atoms. The fourth-order valence-corrected chi connectivity index (χ4v) is 3.88. The van der Waals surface area contributed by atoms with E-state index in [-0.39, 0.29) is 5.92 Å². The van der Waals surface area contributed by atoms with Crippen LogP contribution in [0.15, 0.2) is 54.6 Å². The number of rotatable bonds is 3. The van der Waals surface area contributed by atoms with E-state index in [1.807, 2.05) is 37.3 Å². The van der Waals surface area contributed by atoms with Crippen LogP contribution in [0.3, 0.4) is 0 Å². The third-order valence-electron chi connectivity index (χ3n) is 5.59. The van der Waals surface area contributed by atoms with Crippen LogP contribution in [-0.4, -0.2) is 30.5 Å². The molecule has 0 aliphatic carbocycles. The zero-order valence-electron chi connectivity index (χ0n) is 14.9. The van der Waals surface area contributed by atoms with E-state index in [9.17, 15) is 31.4 Å². The number of nitrogens with one attached hydrogen (secondary N) is 1. The molecule has 152 valence electrons. The molecule has 0 unspecified atom stereocenters. The molecule has 1 aliphatic heterocycles. The molecule has 2 atom stereocenters. The Morgan fingerprint density at radius 2 is 1.43 bits per heavy atom.